The molecule has 0 saturated heterocycles. The Kier molecular flexibility index (Phi) is 6.21. The molecule has 1 rings (SSSR count). The molecule has 0 bridgehead atoms. The first-order valence-electron chi connectivity index (χ1n) is 7.29. The Balaban J connectivity index is 2.60. The first-order valence-corrected chi connectivity index (χ1v) is 10.9. The average Bonchev–Trinajstić information content (AvgIpc) is 2.38. The molecule has 0 radical (unpaired) electrons. The van der Waals surface area contributed by atoms with Gasteiger partial charge in [-0.1, -0.05) is 56.0 Å². The van der Waals surface area contributed by atoms with E-state index in [2.05, 4.69) is 31.5 Å². The van der Waals surface area contributed by atoms with Crippen molar-refractivity contribution in [3.63, 3.8) is 0 Å². The van der Waals surface area contributed by atoms with Gasteiger partial charge in [-0.15, -0.1) is 6.58 Å². The van der Waals surface area contributed by atoms with Crippen molar-refractivity contribution in [3.8, 4) is 0 Å². The molecule has 1 aromatic rings. The number of rotatable bonds is 7. The van der Waals surface area contributed by atoms with Crippen molar-refractivity contribution in [1.29, 1.82) is 0 Å². The third kappa shape index (κ3) is 5.33. The highest BCUT2D eigenvalue weighted by Crippen LogP contribution is 2.29. The maximum atomic E-state index is 12.2. The van der Waals surface area contributed by atoms with E-state index in [9.17, 15) is 4.79 Å². The van der Waals surface area contributed by atoms with Crippen molar-refractivity contribution in [1.82, 2.24) is 5.32 Å². The van der Waals surface area contributed by atoms with E-state index in [0.29, 0.717) is 12.0 Å². The topological polar surface area (TPSA) is 29.1 Å². The predicted molar refractivity (Wildman–Crippen MR) is 89.5 cm³/mol. The van der Waals surface area contributed by atoms with Crippen LogP contribution in [-0.2, 0) is 4.79 Å². The van der Waals surface area contributed by atoms with E-state index < -0.39 is 8.07 Å². The molecule has 1 amide bonds. The molecule has 0 aliphatic carbocycles. The molecular formula is C17H27NOSi. The molecule has 2 nitrogen and oxygen atoms in total. The van der Waals surface area contributed by atoms with Crippen molar-refractivity contribution in [2.75, 3.05) is 0 Å². The molecule has 20 heavy (non-hydrogen) atoms. The van der Waals surface area contributed by atoms with Crippen molar-refractivity contribution in [2.45, 2.75) is 51.0 Å². The van der Waals surface area contributed by atoms with Crippen LogP contribution in [0.4, 0.5) is 0 Å². The zero-order chi connectivity index (χ0) is 15.2. The molecule has 1 aromatic carbocycles. The number of hydrogen-bond acceptors (Lipinski definition) is 1. The molecule has 0 aliphatic heterocycles. The summed E-state index contributed by atoms with van der Waals surface area (Å²) < 4.78 is 0. The number of carbonyl (C=O) groups is 1. The lowest BCUT2D eigenvalue weighted by Gasteiger charge is -2.28. The third-order valence-electron chi connectivity index (χ3n) is 3.78. The van der Waals surface area contributed by atoms with Gasteiger partial charge in [0.25, 0.3) is 0 Å². The summed E-state index contributed by atoms with van der Waals surface area (Å²) in [6.45, 7) is 12.8. The van der Waals surface area contributed by atoms with Gasteiger partial charge in [0.2, 0.25) is 5.91 Å². The second-order valence-corrected chi connectivity index (χ2v) is 12.0. The molecule has 3 heteroatoms. The first-order chi connectivity index (χ1) is 9.34. The number of allylic oxidation sites excluding steroid dienone is 1. The monoisotopic (exact) mass is 289 g/mol. The van der Waals surface area contributed by atoms with Crippen LogP contribution in [0.15, 0.2) is 43.0 Å². The number of carbonyl (C=O) groups excluding carboxylic acids is 1. The summed E-state index contributed by atoms with van der Waals surface area (Å²) in [5, 5.41) is 3.11. The van der Waals surface area contributed by atoms with Gasteiger partial charge in [0.1, 0.15) is 0 Å². The fraction of sp³-hybridized carbons (Fsp3) is 0.471. The highest BCUT2D eigenvalue weighted by Gasteiger charge is 2.27. The summed E-state index contributed by atoms with van der Waals surface area (Å²) in [6, 6.07) is 10.1. The van der Waals surface area contributed by atoms with Gasteiger partial charge >= 0.3 is 0 Å². The van der Waals surface area contributed by atoms with Crippen LogP contribution in [0.1, 0.15) is 31.4 Å². The van der Waals surface area contributed by atoms with E-state index in [1.807, 2.05) is 43.3 Å². The summed E-state index contributed by atoms with van der Waals surface area (Å²) in [5.41, 5.74) is 1.61. The average molecular weight is 289 g/mol. The quantitative estimate of drug-likeness (QED) is 0.579. The minimum absolute atomic E-state index is 0.0646. The Bertz CT molecular complexity index is 436. The Labute approximate surface area is 124 Å². The zero-order valence-electron chi connectivity index (χ0n) is 13.1. The van der Waals surface area contributed by atoms with Gasteiger partial charge in [-0.3, -0.25) is 4.79 Å². The van der Waals surface area contributed by atoms with E-state index in [1.165, 1.54) is 0 Å². The molecule has 110 valence electrons. The Morgan fingerprint density at radius 3 is 2.40 bits per heavy atom. The molecular weight excluding hydrogens is 262 g/mol. The van der Waals surface area contributed by atoms with Gasteiger partial charge in [0, 0.05) is 14.5 Å². The first kappa shape index (κ1) is 16.7. The maximum Gasteiger partial charge on any atom is 0.220 e. The fourth-order valence-electron chi connectivity index (χ4n) is 2.29. The number of nitrogens with one attached hydrogen (secondary N) is 1. The molecule has 0 aliphatic rings. The normalized spacial score (nSPS) is 14.4. The molecule has 2 atom stereocenters. The second-order valence-electron chi connectivity index (χ2n) is 6.49. The van der Waals surface area contributed by atoms with Crippen LogP contribution in [-0.4, -0.2) is 14.0 Å². The van der Waals surface area contributed by atoms with Gasteiger partial charge < -0.3 is 5.32 Å². The van der Waals surface area contributed by atoms with Crippen molar-refractivity contribution < 1.29 is 4.79 Å². The van der Waals surface area contributed by atoms with E-state index in [0.717, 1.165) is 12.0 Å². The van der Waals surface area contributed by atoms with E-state index in [1.54, 1.807) is 0 Å². The minimum Gasteiger partial charge on any atom is -0.350 e. The Morgan fingerprint density at radius 1 is 1.30 bits per heavy atom. The fourth-order valence-corrected chi connectivity index (χ4v) is 3.97. The lowest BCUT2D eigenvalue weighted by molar-refractivity contribution is -0.121. The molecule has 0 saturated carbocycles. The van der Waals surface area contributed by atoms with Gasteiger partial charge in [-0.2, -0.15) is 0 Å². The lowest BCUT2D eigenvalue weighted by Crippen LogP contribution is -2.34. The predicted octanol–water partition coefficient (Wildman–Crippen LogP) is 4.54. The Morgan fingerprint density at radius 2 is 1.90 bits per heavy atom. The summed E-state index contributed by atoms with van der Waals surface area (Å²) in [6.07, 6.45) is 3.48. The standard InChI is InChI=1S/C17H27NOSi/c1-6-10-16(20(3,4)5)13-17(19)18-14(2)15-11-8-7-9-12-15/h6-9,11-12,14,16H,1,10,13H2,2-5H3,(H,18,19)/t14?,16-/m1/s1. The highest BCUT2D eigenvalue weighted by molar-refractivity contribution is 6.77. The number of hydrogen-bond donors (Lipinski definition) is 1. The summed E-state index contributed by atoms with van der Waals surface area (Å²) >= 11 is 0. The molecule has 0 heterocycles. The van der Waals surface area contributed by atoms with Gasteiger partial charge in [-0.05, 0) is 24.4 Å². The van der Waals surface area contributed by atoms with Crippen molar-refractivity contribution in [2.24, 2.45) is 0 Å². The molecule has 1 unspecified atom stereocenters. The van der Waals surface area contributed by atoms with E-state index in [4.69, 9.17) is 0 Å². The largest absolute Gasteiger partial charge is 0.350 e. The zero-order valence-corrected chi connectivity index (χ0v) is 14.1. The van der Waals surface area contributed by atoms with Crippen LogP contribution in [0, 0.1) is 0 Å². The van der Waals surface area contributed by atoms with E-state index in [-0.39, 0.29) is 11.9 Å². The van der Waals surface area contributed by atoms with Crippen LogP contribution in [0.25, 0.3) is 0 Å². The second kappa shape index (κ2) is 7.43. The van der Waals surface area contributed by atoms with Gasteiger partial charge in [0.15, 0.2) is 0 Å². The summed E-state index contributed by atoms with van der Waals surface area (Å²) in [4.78, 5) is 12.2. The smallest absolute Gasteiger partial charge is 0.220 e. The van der Waals surface area contributed by atoms with Crippen molar-refractivity contribution in [3.05, 3.63) is 48.6 Å². The van der Waals surface area contributed by atoms with E-state index >= 15 is 0 Å². The molecule has 0 aromatic heterocycles. The van der Waals surface area contributed by atoms with Crippen LogP contribution in [0.2, 0.25) is 25.2 Å². The van der Waals surface area contributed by atoms with Gasteiger partial charge in [-0.25, -0.2) is 0 Å². The van der Waals surface area contributed by atoms with Crippen LogP contribution >= 0.6 is 0 Å². The summed E-state index contributed by atoms with van der Waals surface area (Å²) in [7, 11) is -1.33. The van der Waals surface area contributed by atoms with Gasteiger partial charge in [0.05, 0.1) is 6.04 Å². The maximum absolute atomic E-state index is 12.2. The SMILES string of the molecule is C=CC[C@H](CC(=O)NC(C)c1ccccc1)[Si](C)(C)C. The van der Waals surface area contributed by atoms with Crippen LogP contribution < -0.4 is 5.32 Å². The van der Waals surface area contributed by atoms with Crippen molar-refractivity contribution >= 4 is 14.0 Å². The Hall–Kier alpha value is -1.35. The molecule has 1 N–H and O–H groups in total. The van der Waals surface area contributed by atoms with Crippen LogP contribution in [0.3, 0.4) is 0 Å². The third-order valence-corrected chi connectivity index (χ3v) is 6.67. The lowest BCUT2D eigenvalue weighted by atomic mass is 10.1. The highest BCUT2D eigenvalue weighted by atomic mass is 28.3. The summed E-state index contributed by atoms with van der Waals surface area (Å²) in [5.74, 6) is 0.149. The number of amides is 1. The number of benzene rings is 1. The molecule has 0 spiro atoms. The van der Waals surface area contributed by atoms with Crippen LogP contribution in [0.5, 0.6) is 0 Å². The minimum atomic E-state index is -1.33. The molecule has 0 fully saturated rings.